The van der Waals surface area contributed by atoms with Crippen molar-refractivity contribution >= 4 is 22.3 Å². The second kappa shape index (κ2) is 2.98. The van der Waals surface area contributed by atoms with Crippen LogP contribution < -0.4 is 11.5 Å². The van der Waals surface area contributed by atoms with Crippen molar-refractivity contribution in [2.45, 2.75) is 0 Å². The second-order valence-electron chi connectivity index (χ2n) is 2.40. The molecule has 0 aliphatic rings. The molecule has 2 heterocycles. The van der Waals surface area contributed by atoms with Gasteiger partial charge >= 0.3 is 0 Å². The summed E-state index contributed by atoms with van der Waals surface area (Å²) in [6.45, 7) is 0. The van der Waals surface area contributed by atoms with Crippen molar-refractivity contribution in [2.75, 3.05) is 11.5 Å². The van der Waals surface area contributed by atoms with E-state index in [0.29, 0.717) is 5.00 Å². The molecule has 0 saturated carbocycles. The van der Waals surface area contributed by atoms with E-state index in [9.17, 15) is 0 Å². The molecule has 0 aromatic carbocycles. The fourth-order valence-corrected chi connectivity index (χ4v) is 1.53. The van der Waals surface area contributed by atoms with Gasteiger partial charge in [-0.2, -0.15) is 0 Å². The third-order valence-corrected chi connectivity index (χ3v) is 2.32. The van der Waals surface area contributed by atoms with E-state index in [-0.39, 0.29) is 5.95 Å². The van der Waals surface area contributed by atoms with Gasteiger partial charge in [0.25, 0.3) is 0 Å². The lowest BCUT2D eigenvalue weighted by Gasteiger charge is -1.93. The van der Waals surface area contributed by atoms with Crippen molar-refractivity contribution < 1.29 is 0 Å². The van der Waals surface area contributed by atoms with Gasteiger partial charge in [-0.1, -0.05) is 11.3 Å². The Labute approximate surface area is 78.5 Å². The number of anilines is 2. The van der Waals surface area contributed by atoms with Crippen molar-refractivity contribution in [1.29, 1.82) is 0 Å². The first-order valence-corrected chi connectivity index (χ1v) is 4.36. The Kier molecular flexibility index (Phi) is 1.82. The number of nitrogen functional groups attached to an aromatic ring is 2. The van der Waals surface area contributed by atoms with Gasteiger partial charge < -0.3 is 11.5 Å². The predicted octanol–water partition coefficient (Wildman–Crippen LogP) is 0.765. The molecule has 66 valence electrons. The van der Waals surface area contributed by atoms with E-state index in [2.05, 4.69) is 15.0 Å². The first-order chi connectivity index (χ1) is 6.25. The molecule has 0 unspecified atom stereocenters. The van der Waals surface area contributed by atoms with Crippen LogP contribution in [0.1, 0.15) is 0 Å². The number of nitrogens with zero attached hydrogens (tertiary/aromatic N) is 3. The van der Waals surface area contributed by atoms with Crippen LogP contribution in [0.5, 0.6) is 0 Å². The van der Waals surface area contributed by atoms with Crippen molar-refractivity contribution in [2.24, 2.45) is 0 Å². The summed E-state index contributed by atoms with van der Waals surface area (Å²) in [6.07, 6.45) is 4.86. The number of hydrogen-bond donors (Lipinski definition) is 2. The fourth-order valence-electron chi connectivity index (χ4n) is 0.869. The van der Waals surface area contributed by atoms with E-state index in [1.165, 1.54) is 11.3 Å². The molecule has 0 saturated heterocycles. The summed E-state index contributed by atoms with van der Waals surface area (Å²) in [5, 5.41) is 1.48. The highest BCUT2D eigenvalue weighted by atomic mass is 32.1. The van der Waals surface area contributed by atoms with E-state index in [0.717, 1.165) is 10.6 Å². The van der Waals surface area contributed by atoms with Crippen LogP contribution in [0.3, 0.4) is 0 Å². The van der Waals surface area contributed by atoms with Crippen molar-refractivity contribution in [3.63, 3.8) is 0 Å². The summed E-state index contributed by atoms with van der Waals surface area (Å²) in [6, 6.07) is 0. The monoisotopic (exact) mass is 193 g/mol. The van der Waals surface area contributed by atoms with Crippen LogP contribution in [-0.4, -0.2) is 15.0 Å². The number of aromatic nitrogens is 3. The van der Waals surface area contributed by atoms with Gasteiger partial charge in [-0.05, 0) is 0 Å². The third-order valence-electron chi connectivity index (χ3n) is 1.44. The van der Waals surface area contributed by atoms with Gasteiger partial charge in [0.15, 0.2) is 0 Å². The second-order valence-corrected chi connectivity index (χ2v) is 3.46. The summed E-state index contributed by atoms with van der Waals surface area (Å²) >= 11 is 1.39. The Hall–Kier alpha value is -1.69. The summed E-state index contributed by atoms with van der Waals surface area (Å²) in [4.78, 5) is 11.8. The molecular weight excluding hydrogens is 186 g/mol. The smallest absolute Gasteiger partial charge is 0.219 e. The Bertz CT molecular complexity index is 407. The molecule has 0 amide bonds. The average Bonchev–Trinajstić information content (AvgIpc) is 2.53. The number of nitrogens with two attached hydrogens (primary N) is 2. The highest BCUT2D eigenvalue weighted by Gasteiger charge is 2.02. The SMILES string of the molecule is Nc1ncc(-c2ncc(N)s2)cn1. The molecule has 0 aliphatic carbocycles. The molecule has 0 spiro atoms. The van der Waals surface area contributed by atoms with E-state index in [1.807, 2.05) is 0 Å². The molecule has 0 bridgehead atoms. The van der Waals surface area contributed by atoms with Gasteiger partial charge in [0, 0.05) is 18.0 Å². The van der Waals surface area contributed by atoms with Gasteiger partial charge in [-0.25, -0.2) is 15.0 Å². The highest BCUT2D eigenvalue weighted by molar-refractivity contribution is 7.18. The minimum Gasteiger partial charge on any atom is -0.389 e. The van der Waals surface area contributed by atoms with E-state index < -0.39 is 0 Å². The molecule has 2 aromatic heterocycles. The molecule has 0 radical (unpaired) electrons. The highest BCUT2D eigenvalue weighted by Crippen LogP contribution is 2.25. The maximum atomic E-state index is 5.54. The zero-order valence-electron chi connectivity index (χ0n) is 6.64. The van der Waals surface area contributed by atoms with Gasteiger partial charge in [0.05, 0.1) is 6.20 Å². The molecule has 0 aliphatic heterocycles. The Morgan fingerprint density at radius 3 is 2.23 bits per heavy atom. The quantitative estimate of drug-likeness (QED) is 0.697. The van der Waals surface area contributed by atoms with Crippen molar-refractivity contribution in [1.82, 2.24) is 15.0 Å². The number of thiazole rings is 1. The van der Waals surface area contributed by atoms with Crippen LogP contribution in [0.25, 0.3) is 10.6 Å². The lowest BCUT2D eigenvalue weighted by molar-refractivity contribution is 1.18. The van der Waals surface area contributed by atoms with Gasteiger partial charge in [-0.3, -0.25) is 0 Å². The average molecular weight is 193 g/mol. The van der Waals surface area contributed by atoms with Crippen LogP contribution in [0.2, 0.25) is 0 Å². The lowest BCUT2D eigenvalue weighted by atomic mass is 10.4. The Balaban J connectivity index is 2.41. The zero-order valence-corrected chi connectivity index (χ0v) is 7.45. The molecule has 0 fully saturated rings. The Morgan fingerprint density at radius 2 is 1.69 bits per heavy atom. The first kappa shape index (κ1) is 7.93. The third kappa shape index (κ3) is 1.57. The van der Waals surface area contributed by atoms with Crippen molar-refractivity contribution in [3.05, 3.63) is 18.6 Å². The Morgan fingerprint density at radius 1 is 1.00 bits per heavy atom. The zero-order chi connectivity index (χ0) is 9.26. The topological polar surface area (TPSA) is 90.7 Å². The first-order valence-electron chi connectivity index (χ1n) is 3.55. The lowest BCUT2D eigenvalue weighted by Crippen LogP contribution is -1.93. The molecule has 5 nitrogen and oxygen atoms in total. The molecule has 0 atom stereocenters. The summed E-state index contributed by atoms with van der Waals surface area (Å²) in [5.74, 6) is 0.258. The van der Waals surface area contributed by atoms with Crippen LogP contribution in [0.15, 0.2) is 18.6 Å². The number of rotatable bonds is 1. The van der Waals surface area contributed by atoms with Crippen LogP contribution in [-0.2, 0) is 0 Å². The van der Waals surface area contributed by atoms with E-state index >= 15 is 0 Å². The van der Waals surface area contributed by atoms with Gasteiger partial charge in [0.1, 0.15) is 10.0 Å². The van der Waals surface area contributed by atoms with Gasteiger partial charge in [-0.15, -0.1) is 0 Å². The minimum absolute atomic E-state index is 0.258. The maximum Gasteiger partial charge on any atom is 0.219 e. The molecule has 4 N–H and O–H groups in total. The van der Waals surface area contributed by atoms with Crippen LogP contribution >= 0.6 is 11.3 Å². The van der Waals surface area contributed by atoms with Crippen LogP contribution in [0.4, 0.5) is 10.9 Å². The van der Waals surface area contributed by atoms with E-state index in [4.69, 9.17) is 11.5 Å². The standard InChI is InChI=1S/C7H7N5S/c8-5-3-10-6(13-5)4-1-11-7(9)12-2-4/h1-3H,8H2,(H2,9,11,12). The summed E-state index contributed by atoms with van der Waals surface area (Å²) < 4.78 is 0. The molecule has 2 rings (SSSR count). The maximum absolute atomic E-state index is 5.54. The fraction of sp³-hybridized carbons (Fsp3) is 0. The molecular formula is C7H7N5S. The molecule has 2 aromatic rings. The summed E-state index contributed by atoms with van der Waals surface area (Å²) in [7, 11) is 0. The van der Waals surface area contributed by atoms with Crippen LogP contribution in [0, 0.1) is 0 Å². The normalized spacial score (nSPS) is 10.2. The van der Waals surface area contributed by atoms with Gasteiger partial charge in [0.2, 0.25) is 5.95 Å². The molecule has 13 heavy (non-hydrogen) atoms. The summed E-state index contributed by atoms with van der Waals surface area (Å²) in [5.41, 5.74) is 11.7. The predicted molar refractivity (Wildman–Crippen MR) is 52.0 cm³/mol. The minimum atomic E-state index is 0.258. The van der Waals surface area contributed by atoms with E-state index in [1.54, 1.807) is 18.6 Å². The largest absolute Gasteiger partial charge is 0.389 e. The number of hydrogen-bond acceptors (Lipinski definition) is 6. The van der Waals surface area contributed by atoms with Crippen molar-refractivity contribution in [3.8, 4) is 10.6 Å². The molecule has 6 heteroatoms.